The van der Waals surface area contributed by atoms with Crippen LogP contribution in [0.4, 0.5) is 8.78 Å². The summed E-state index contributed by atoms with van der Waals surface area (Å²) in [6.07, 6.45) is 1.90. The fourth-order valence-electron chi connectivity index (χ4n) is 2.39. The average Bonchev–Trinajstić information content (AvgIpc) is 2.83. The molecule has 0 aliphatic heterocycles. The van der Waals surface area contributed by atoms with Gasteiger partial charge in [0.15, 0.2) is 0 Å². The van der Waals surface area contributed by atoms with Gasteiger partial charge in [-0.05, 0) is 42.0 Å². The number of hydrogen-bond donors (Lipinski definition) is 1. The first-order valence-corrected chi connectivity index (χ1v) is 6.39. The van der Waals surface area contributed by atoms with Crippen LogP contribution in [0.15, 0.2) is 48.7 Å². The Balaban J connectivity index is 1.97. The van der Waals surface area contributed by atoms with E-state index >= 15 is 0 Å². The van der Waals surface area contributed by atoms with Crippen LogP contribution in [0.2, 0.25) is 0 Å². The fourth-order valence-corrected chi connectivity index (χ4v) is 2.39. The molecule has 0 spiro atoms. The molecule has 1 aromatic heterocycles. The summed E-state index contributed by atoms with van der Waals surface area (Å²) in [5.41, 5.74) is 7.93. The lowest BCUT2D eigenvalue weighted by Gasteiger charge is -2.08. The van der Waals surface area contributed by atoms with Crippen LogP contribution in [0.25, 0.3) is 10.9 Å². The van der Waals surface area contributed by atoms with Gasteiger partial charge in [-0.1, -0.05) is 6.07 Å². The van der Waals surface area contributed by atoms with Gasteiger partial charge in [0.05, 0.1) is 0 Å². The van der Waals surface area contributed by atoms with Crippen LogP contribution in [0.1, 0.15) is 11.1 Å². The van der Waals surface area contributed by atoms with E-state index in [0.29, 0.717) is 12.1 Å². The fraction of sp³-hybridized carbons (Fsp3) is 0.125. The molecule has 3 rings (SSSR count). The summed E-state index contributed by atoms with van der Waals surface area (Å²) in [4.78, 5) is 0. The van der Waals surface area contributed by atoms with Crippen molar-refractivity contribution in [1.82, 2.24) is 4.57 Å². The largest absolute Gasteiger partial charge is 0.343 e. The zero-order valence-electron chi connectivity index (χ0n) is 10.8. The van der Waals surface area contributed by atoms with Crippen molar-refractivity contribution in [3.05, 3.63) is 71.4 Å². The highest BCUT2D eigenvalue weighted by Gasteiger charge is 2.05. The second-order valence-corrected chi connectivity index (χ2v) is 4.78. The van der Waals surface area contributed by atoms with Crippen LogP contribution in [0.5, 0.6) is 0 Å². The van der Waals surface area contributed by atoms with Crippen LogP contribution >= 0.6 is 0 Å². The van der Waals surface area contributed by atoms with Crippen LogP contribution in [0.3, 0.4) is 0 Å². The molecule has 1 heterocycles. The van der Waals surface area contributed by atoms with E-state index in [4.69, 9.17) is 5.73 Å². The molecule has 102 valence electrons. The first kappa shape index (κ1) is 12.8. The van der Waals surface area contributed by atoms with Crippen molar-refractivity contribution in [2.75, 3.05) is 0 Å². The number of hydrogen-bond acceptors (Lipinski definition) is 1. The van der Waals surface area contributed by atoms with Crippen LogP contribution in [0, 0.1) is 11.6 Å². The number of nitrogens with zero attached hydrogens (tertiary/aromatic N) is 1. The molecule has 0 atom stereocenters. The molecule has 4 heteroatoms. The first-order valence-electron chi connectivity index (χ1n) is 6.39. The molecule has 0 bridgehead atoms. The third-order valence-corrected chi connectivity index (χ3v) is 3.42. The molecule has 2 aromatic carbocycles. The smallest absolute Gasteiger partial charge is 0.127 e. The Hall–Kier alpha value is -2.20. The van der Waals surface area contributed by atoms with Crippen molar-refractivity contribution in [2.24, 2.45) is 5.73 Å². The molecule has 3 aromatic rings. The highest BCUT2D eigenvalue weighted by Crippen LogP contribution is 2.19. The van der Waals surface area contributed by atoms with Crippen molar-refractivity contribution >= 4 is 10.9 Å². The van der Waals surface area contributed by atoms with Gasteiger partial charge in [-0.15, -0.1) is 0 Å². The van der Waals surface area contributed by atoms with Crippen molar-refractivity contribution < 1.29 is 8.78 Å². The van der Waals surface area contributed by atoms with E-state index in [2.05, 4.69) is 0 Å². The standard InChI is InChI=1S/C16H14F2N2/c17-14-2-4-16-12(8-14)5-6-20(16)10-11-1-3-15(18)13(7-11)9-19/h1-8H,9-10,19H2. The molecule has 0 fully saturated rings. The second kappa shape index (κ2) is 5.06. The Kier molecular flexibility index (Phi) is 3.24. The van der Waals surface area contributed by atoms with E-state index in [0.717, 1.165) is 16.5 Å². The minimum Gasteiger partial charge on any atom is -0.343 e. The molecule has 0 aliphatic rings. The summed E-state index contributed by atoms with van der Waals surface area (Å²) in [5, 5.41) is 0.853. The Morgan fingerprint density at radius 2 is 1.85 bits per heavy atom. The van der Waals surface area contributed by atoms with E-state index in [-0.39, 0.29) is 18.2 Å². The molecule has 0 saturated heterocycles. The molecule has 2 N–H and O–H groups in total. The second-order valence-electron chi connectivity index (χ2n) is 4.78. The first-order chi connectivity index (χ1) is 9.67. The average molecular weight is 272 g/mol. The van der Waals surface area contributed by atoms with Crippen LogP contribution < -0.4 is 5.73 Å². The maximum atomic E-state index is 13.4. The summed E-state index contributed by atoms with van der Waals surface area (Å²) in [6, 6.07) is 11.5. The molecule has 0 radical (unpaired) electrons. The van der Waals surface area contributed by atoms with Crippen molar-refractivity contribution in [1.29, 1.82) is 0 Å². The van der Waals surface area contributed by atoms with Gasteiger partial charge in [0.1, 0.15) is 11.6 Å². The summed E-state index contributed by atoms with van der Waals surface area (Å²) < 4.78 is 28.6. The normalized spacial score (nSPS) is 11.2. The lowest BCUT2D eigenvalue weighted by molar-refractivity contribution is 0.609. The third-order valence-electron chi connectivity index (χ3n) is 3.42. The number of nitrogens with two attached hydrogens (primary N) is 1. The summed E-state index contributed by atoms with van der Waals surface area (Å²) >= 11 is 0. The predicted molar refractivity (Wildman–Crippen MR) is 75.3 cm³/mol. The number of halogens is 2. The van der Waals surface area contributed by atoms with E-state index in [1.807, 2.05) is 16.8 Å². The van der Waals surface area contributed by atoms with E-state index < -0.39 is 0 Å². The minimum absolute atomic E-state index is 0.178. The molecular formula is C16H14F2N2. The SMILES string of the molecule is NCc1cc(Cn2ccc3cc(F)ccc32)ccc1F. The lowest BCUT2D eigenvalue weighted by Crippen LogP contribution is -2.03. The van der Waals surface area contributed by atoms with Gasteiger partial charge < -0.3 is 10.3 Å². The summed E-state index contributed by atoms with van der Waals surface area (Å²) in [5.74, 6) is -0.530. The maximum absolute atomic E-state index is 13.4. The Morgan fingerprint density at radius 3 is 2.65 bits per heavy atom. The molecule has 0 amide bonds. The zero-order valence-corrected chi connectivity index (χ0v) is 10.8. The molecule has 0 unspecified atom stereocenters. The van der Waals surface area contributed by atoms with Crippen molar-refractivity contribution in [3.8, 4) is 0 Å². The van der Waals surface area contributed by atoms with Gasteiger partial charge in [0.2, 0.25) is 0 Å². The highest BCUT2D eigenvalue weighted by atomic mass is 19.1. The van der Waals surface area contributed by atoms with Gasteiger partial charge in [0, 0.05) is 35.8 Å². The van der Waals surface area contributed by atoms with Gasteiger partial charge in [-0.3, -0.25) is 0 Å². The molecule has 20 heavy (non-hydrogen) atoms. The van der Waals surface area contributed by atoms with Crippen LogP contribution in [-0.2, 0) is 13.1 Å². The van der Waals surface area contributed by atoms with Crippen LogP contribution in [-0.4, -0.2) is 4.57 Å². The van der Waals surface area contributed by atoms with Crippen molar-refractivity contribution in [2.45, 2.75) is 13.1 Å². The van der Waals surface area contributed by atoms with Gasteiger partial charge in [0.25, 0.3) is 0 Å². The Labute approximate surface area is 115 Å². The van der Waals surface area contributed by atoms with Crippen molar-refractivity contribution in [3.63, 3.8) is 0 Å². The molecule has 0 saturated carbocycles. The maximum Gasteiger partial charge on any atom is 0.127 e. The number of rotatable bonds is 3. The summed E-state index contributed by atoms with van der Waals surface area (Å²) in [7, 11) is 0. The highest BCUT2D eigenvalue weighted by molar-refractivity contribution is 5.80. The third kappa shape index (κ3) is 2.30. The topological polar surface area (TPSA) is 30.9 Å². The van der Waals surface area contributed by atoms with Gasteiger partial charge in [-0.2, -0.15) is 0 Å². The number of fused-ring (bicyclic) bond motifs is 1. The van der Waals surface area contributed by atoms with E-state index in [1.165, 1.54) is 18.2 Å². The zero-order chi connectivity index (χ0) is 14.1. The molecular weight excluding hydrogens is 258 g/mol. The Bertz CT molecular complexity index is 762. The summed E-state index contributed by atoms with van der Waals surface area (Å²) in [6.45, 7) is 0.778. The number of benzene rings is 2. The van der Waals surface area contributed by atoms with E-state index in [9.17, 15) is 8.78 Å². The molecule has 2 nitrogen and oxygen atoms in total. The monoisotopic (exact) mass is 272 g/mol. The minimum atomic E-state index is -0.282. The molecule has 0 aliphatic carbocycles. The van der Waals surface area contributed by atoms with Gasteiger partial charge in [-0.25, -0.2) is 8.78 Å². The predicted octanol–water partition coefficient (Wildman–Crippen LogP) is 3.43. The number of aromatic nitrogens is 1. The quantitative estimate of drug-likeness (QED) is 0.778. The lowest BCUT2D eigenvalue weighted by atomic mass is 10.1. The van der Waals surface area contributed by atoms with Gasteiger partial charge >= 0.3 is 0 Å². The Morgan fingerprint density at radius 1 is 1.00 bits per heavy atom. The van der Waals surface area contributed by atoms with E-state index in [1.54, 1.807) is 18.2 Å².